The number of nitrogens with zero attached hydrogens (tertiary/aromatic N) is 6. The van der Waals surface area contributed by atoms with Crippen molar-refractivity contribution in [2.24, 2.45) is 5.73 Å². The van der Waals surface area contributed by atoms with Crippen molar-refractivity contribution in [2.45, 2.75) is 31.2 Å². The number of carbonyl (C=O) groups is 1. The predicted octanol–water partition coefficient (Wildman–Crippen LogP) is 1.18. The lowest BCUT2D eigenvalue weighted by atomic mass is 10.1. The van der Waals surface area contributed by atoms with E-state index in [1.165, 1.54) is 10.4 Å². The molecule has 1 amide bonds. The molecular formula is C30H37N9O5S2. The van der Waals surface area contributed by atoms with Gasteiger partial charge >= 0.3 is 0 Å². The van der Waals surface area contributed by atoms with Crippen molar-refractivity contribution >= 4 is 43.3 Å². The van der Waals surface area contributed by atoms with E-state index in [4.69, 9.17) is 5.73 Å². The normalized spacial score (nSPS) is 15.4. The number of rotatable bonds is 11. The van der Waals surface area contributed by atoms with Gasteiger partial charge in [0.2, 0.25) is 26.0 Å². The zero-order valence-electron chi connectivity index (χ0n) is 25.7. The van der Waals surface area contributed by atoms with Crippen molar-refractivity contribution < 1.29 is 21.6 Å². The topological polar surface area (TPSA) is 195 Å². The van der Waals surface area contributed by atoms with Gasteiger partial charge in [-0.15, -0.1) is 0 Å². The van der Waals surface area contributed by atoms with E-state index in [0.29, 0.717) is 68.6 Å². The third-order valence-corrected chi connectivity index (χ3v) is 10.3. The molecular weight excluding hydrogens is 631 g/mol. The Morgan fingerprint density at radius 2 is 1.78 bits per heavy atom. The minimum absolute atomic E-state index is 0.137. The van der Waals surface area contributed by atoms with Gasteiger partial charge in [0.15, 0.2) is 0 Å². The first-order chi connectivity index (χ1) is 21.9. The number of piperazine rings is 1. The van der Waals surface area contributed by atoms with Crippen LogP contribution in [-0.4, -0.2) is 89.1 Å². The molecule has 3 heterocycles. The van der Waals surface area contributed by atoms with Crippen LogP contribution in [0.4, 0.5) is 17.3 Å². The summed E-state index contributed by atoms with van der Waals surface area (Å²) in [5.41, 5.74) is 8.95. The minimum atomic E-state index is -3.83. The number of fused-ring (bicyclic) bond motifs is 1. The molecule has 5 rings (SSSR count). The van der Waals surface area contributed by atoms with E-state index in [-0.39, 0.29) is 34.9 Å². The Labute approximate surface area is 269 Å². The molecule has 1 aromatic heterocycles. The molecule has 1 saturated heterocycles. The van der Waals surface area contributed by atoms with Gasteiger partial charge in [0, 0.05) is 50.6 Å². The molecule has 0 unspecified atom stereocenters. The average Bonchev–Trinajstić information content (AvgIpc) is 3.46. The van der Waals surface area contributed by atoms with Crippen LogP contribution < -0.4 is 25.6 Å². The van der Waals surface area contributed by atoms with Crippen LogP contribution in [0.2, 0.25) is 0 Å². The summed E-state index contributed by atoms with van der Waals surface area (Å²) >= 11 is 0. The molecule has 0 spiro atoms. The largest absolute Gasteiger partial charge is 0.338 e. The van der Waals surface area contributed by atoms with Crippen LogP contribution in [0, 0.1) is 18.3 Å². The van der Waals surface area contributed by atoms with Gasteiger partial charge in [-0.1, -0.05) is 6.07 Å². The molecule has 3 aromatic rings. The van der Waals surface area contributed by atoms with Crippen LogP contribution in [0.1, 0.15) is 39.3 Å². The molecule has 0 saturated carbocycles. The molecule has 0 atom stereocenters. The fourth-order valence-corrected chi connectivity index (χ4v) is 7.60. The predicted molar refractivity (Wildman–Crippen MR) is 175 cm³/mol. The van der Waals surface area contributed by atoms with Crippen molar-refractivity contribution in [3.63, 3.8) is 0 Å². The van der Waals surface area contributed by atoms with Gasteiger partial charge in [0.1, 0.15) is 11.8 Å². The summed E-state index contributed by atoms with van der Waals surface area (Å²) in [6, 6.07) is 13.4. The Kier molecular flexibility index (Phi) is 9.89. The summed E-state index contributed by atoms with van der Waals surface area (Å²) < 4.78 is 55.3. The summed E-state index contributed by atoms with van der Waals surface area (Å²) in [6.07, 6.45) is 2.27. The Hall–Kier alpha value is -4.14. The quantitative estimate of drug-likeness (QED) is 0.249. The number of hydrogen-bond donors (Lipinski definition) is 3. The Morgan fingerprint density at radius 3 is 2.48 bits per heavy atom. The second kappa shape index (κ2) is 13.7. The van der Waals surface area contributed by atoms with E-state index in [2.05, 4.69) is 20.0 Å². The second-order valence-corrected chi connectivity index (χ2v) is 15.0. The molecule has 0 bridgehead atoms. The lowest BCUT2D eigenvalue weighted by Gasteiger charge is -2.34. The van der Waals surface area contributed by atoms with Crippen molar-refractivity contribution in [3.05, 3.63) is 70.5 Å². The Bertz CT molecular complexity index is 1890. The lowest BCUT2D eigenvalue weighted by molar-refractivity contribution is 0.0990. The highest BCUT2D eigenvalue weighted by Gasteiger charge is 2.33. The number of aryl methyl sites for hydroxylation is 1. The van der Waals surface area contributed by atoms with E-state index in [0.717, 1.165) is 18.2 Å². The SMILES string of the molecule is Cc1cc(C#N)nc(N2CCN(S(=O)(=O)c3ccc4c(c3)CCN4C(=O)c3cc(CNCCCN)ccc3NS(C)(=O)=O)CC2)n1. The zero-order chi connectivity index (χ0) is 33.1. The van der Waals surface area contributed by atoms with E-state index < -0.39 is 26.0 Å². The molecule has 2 aliphatic heterocycles. The highest BCUT2D eigenvalue weighted by Crippen LogP contribution is 2.34. The summed E-state index contributed by atoms with van der Waals surface area (Å²) in [4.78, 5) is 26.1. The van der Waals surface area contributed by atoms with Crippen LogP contribution in [0.3, 0.4) is 0 Å². The van der Waals surface area contributed by atoms with Crippen molar-refractivity contribution in [1.29, 1.82) is 5.26 Å². The first kappa shape index (κ1) is 33.2. The highest BCUT2D eigenvalue weighted by molar-refractivity contribution is 7.92. The van der Waals surface area contributed by atoms with Gasteiger partial charge in [-0.25, -0.2) is 26.8 Å². The monoisotopic (exact) mass is 667 g/mol. The molecule has 46 heavy (non-hydrogen) atoms. The second-order valence-electron chi connectivity index (χ2n) is 11.3. The summed E-state index contributed by atoms with van der Waals surface area (Å²) in [6.45, 7) is 5.00. The van der Waals surface area contributed by atoms with E-state index in [1.807, 2.05) is 11.0 Å². The average molecular weight is 668 g/mol. The number of nitriles is 1. The number of carbonyl (C=O) groups excluding carboxylic acids is 1. The number of anilines is 3. The number of hydrogen-bond acceptors (Lipinski definition) is 11. The van der Waals surface area contributed by atoms with Crippen LogP contribution in [-0.2, 0) is 33.0 Å². The minimum Gasteiger partial charge on any atom is -0.338 e. The van der Waals surface area contributed by atoms with Gasteiger partial charge < -0.3 is 20.9 Å². The third-order valence-electron chi connectivity index (χ3n) is 7.80. The standard InChI is InChI=1S/C30H37N9O5S2/c1-21-16-24(19-32)35-30(34-21)37-12-14-38(15-13-37)46(43,44)25-5-7-28-23(18-25)8-11-39(28)29(40)26-17-22(20-33-10-3-9-31)4-6-27(26)36-45(2,41)42/h4-7,16-18,33,36H,3,8-15,20,31H2,1-2H3. The van der Waals surface area contributed by atoms with Crippen LogP contribution >= 0.6 is 0 Å². The molecule has 14 nitrogen and oxygen atoms in total. The van der Waals surface area contributed by atoms with Gasteiger partial charge in [-0.05, 0) is 80.4 Å². The molecule has 0 radical (unpaired) electrons. The van der Waals surface area contributed by atoms with Crippen LogP contribution in [0.5, 0.6) is 0 Å². The van der Waals surface area contributed by atoms with Crippen LogP contribution in [0.15, 0.2) is 47.4 Å². The maximum absolute atomic E-state index is 13.9. The van der Waals surface area contributed by atoms with Crippen molar-refractivity contribution in [1.82, 2.24) is 19.6 Å². The maximum Gasteiger partial charge on any atom is 0.260 e. The van der Waals surface area contributed by atoms with E-state index in [1.54, 1.807) is 48.2 Å². The molecule has 2 aromatic carbocycles. The third kappa shape index (κ3) is 7.45. The smallest absolute Gasteiger partial charge is 0.260 e. The first-order valence-electron chi connectivity index (χ1n) is 14.9. The summed E-state index contributed by atoms with van der Waals surface area (Å²) in [5, 5.41) is 12.5. The first-order valence-corrected chi connectivity index (χ1v) is 18.2. The Balaban J connectivity index is 1.33. The summed E-state index contributed by atoms with van der Waals surface area (Å²) in [5.74, 6) is 0.0116. The number of aromatic nitrogens is 2. The van der Waals surface area contributed by atoms with Crippen molar-refractivity contribution in [2.75, 3.05) is 66.6 Å². The number of amides is 1. The number of sulfonamides is 2. The van der Waals surface area contributed by atoms with Crippen molar-refractivity contribution in [3.8, 4) is 6.07 Å². The van der Waals surface area contributed by atoms with E-state index in [9.17, 15) is 26.9 Å². The lowest BCUT2D eigenvalue weighted by Crippen LogP contribution is -2.49. The number of nitrogens with two attached hydrogens (primary N) is 1. The van der Waals surface area contributed by atoms with Crippen LogP contribution in [0.25, 0.3) is 0 Å². The number of nitrogens with one attached hydrogen (secondary N) is 2. The Morgan fingerprint density at radius 1 is 1.02 bits per heavy atom. The molecule has 0 aliphatic carbocycles. The molecule has 16 heteroatoms. The molecule has 1 fully saturated rings. The summed E-state index contributed by atoms with van der Waals surface area (Å²) in [7, 11) is -7.48. The maximum atomic E-state index is 13.9. The fraction of sp³-hybridized carbons (Fsp3) is 0.400. The zero-order valence-corrected chi connectivity index (χ0v) is 27.4. The van der Waals surface area contributed by atoms with E-state index >= 15 is 0 Å². The molecule has 4 N–H and O–H groups in total. The van der Waals surface area contributed by atoms with Gasteiger partial charge in [-0.2, -0.15) is 9.57 Å². The van der Waals surface area contributed by atoms with Gasteiger partial charge in [0.25, 0.3) is 5.91 Å². The fourth-order valence-electron chi connectivity index (χ4n) is 5.55. The molecule has 244 valence electrons. The van der Waals surface area contributed by atoms with Gasteiger partial charge in [0.05, 0.1) is 22.4 Å². The number of benzene rings is 2. The highest BCUT2D eigenvalue weighted by atomic mass is 32.2. The van der Waals surface area contributed by atoms with Gasteiger partial charge in [-0.3, -0.25) is 9.52 Å². The molecule has 2 aliphatic rings.